The zero-order valence-electron chi connectivity index (χ0n) is 15.9. The molecule has 0 saturated carbocycles. The van der Waals surface area contributed by atoms with Crippen molar-refractivity contribution in [2.75, 3.05) is 18.1 Å². The number of benzene rings is 1. The summed E-state index contributed by atoms with van der Waals surface area (Å²) in [7, 11) is -7.10. The molecule has 1 aromatic carbocycles. The van der Waals surface area contributed by atoms with Crippen LogP contribution in [-0.2, 0) is 24.7 Å². The molecule has 8 nitrogen and oxygen atoms in total. The number of carbonyl (C=O) groups excluding carboxylic acids is 1. The molecule has 3 aromatic rings. The summed E-state index contributed by atoms with van der Waals surface area (Å²) < 4.78 is 51.6. The quantitative estimate of drug-likeness (QED) is 0.594. The van der Waals surface area contributed by atoms with Crippen LogP contribution in [0.15, 0.2) is 44.8 Å². The Labute approximate surface area is 182 Å². The monoisotopic (exact) mass is 485 g/mol. The maximum Gasteiger partial charge on any atom is 0.253 e. The number of nitrogens with one attached hydrogen (secondary N) is 1. The highest BCUT2D eigenvalue weighted by atomic mass is 32.2. The zero-order chi connectivity index (χ0) is 21.5. The molecule has 1 saturated heterocycles. The average Bonchev–Trinajstić information content (AvgIpc) is 3.36. The first-order valence-corrected chi connectivity index (χ1v) is 14.2. The minimum atomic E-state index is -3.74. The molecule has 2 aromatic heterocycles. The number of hydrogen-bond donors (Lipinski definition) is 1. The van der Waals surface area contributed by atoms with Crippen LogP contribution in [0.2, 0.25) is 0 Å². The third-order valence-corrected chi connectivity index (χ3v) is 10.2. The molecule has 0 bridgehead atoms. The van der Waals surface area contributed by atoms with E-state index >= 15 is 0 Å². The normalized spacial score (nSPS) is 18.5. The van der Waals surface area contributed by atoms with Gasteiger partial charge in [-0.3, -0.25) is 4.79 Å². The van der Waals surface area contributed by atoms with Crippen LogP contribution in [0.1, 0.15) is 19.3 Å². The van der Waals surface area contributed by atoms with E-state index in [0.717, 1.165) is 35.4 Å². The van der Waals surface area contributed by atoms with Crippen molar-refractivity contribution in [3.8, 4) is 0 Å². The van der Waals surface area contributed by atoms with Crippen molar-refractivity contribution in [2.24, 2.45) is 0 Å². The van der Waals surface area contributed by atoms with Gasteiger partial charge in [-0.1, -0.05) is 23.8 Å². The number of fused-ring (bicyclic) bond motifs is 1. The first kappa shape index (κ1) is 21.4. The Morgan fingerprint density at radius 2 is 2.00 bits per heavy atom. The fourth-order valence-corrected chi connectivity index (χ4v) is 7.76. The number of hydrogen-bond acceptors (Lipinski definition) is 8. The Morgan fingerprint density at radius 3 is 2.70 bits per heavy atom. The minimum Gasteiger partial charge on any atom is -0.301 e. The van der Waals surface area contributed by atoms with Crippen LogP contribution >= 0.6 is 22.7 Å². The van der Waals surface area contributed by atoms with E-state index in [9.17, 15) is 21.6 Å². The van der Waals surface area contributed by atoms with Crippen molar-refractivity contribution in [3.63, 3.8) is 0 Å². The molecule has 160 valence electrons. The molecule has 1 N–H and O–H groups in total. The molecule has 1 amide bonds. The third-order valence-electron chi connectivity index (χ3n) is 4.83. The Morgan fingerprint density at radius 1 is 1.20 bits per heavy atom. The lowest BCUT2D eigenvalue weighted by Gasteiger charge is -2.32. The van der Waals surface area contributed by atoms with Crippen molar-refractivity contribution in [2.45, 2.75) is 34.4 Å². The summed E-state index contributed by atoms with van der Waals surface area (Å²) in [5, 5.41) is 4.72. The first-order valence-electron chi connectivity index (χ1n) is 9.13. The highest BCUT2D eigenvalue weighted by Gasteiger charge is 2.38. The number of sulfone groups is 1. The van der Waals surface area contributed by atoms with Crippen LogP contribution in [0.4, 0.5) is 5.13 Å². The number of carbonyl (C=O) groups is 1. The fourth-order valence-electron chi connectivity index (χ4n) is 3.36. The molecule has 1 atom stereocenters. The minimum absolute atomic E-state index is 0.178. The van der Waals surface area contributed by atoms with Crippen LogP contribution in [0.3, 0.4) is 0 Å². The number of thiophene rings is 1. The van der Waals surface area contributed by atoms with Gasteiger partial charge in [0.2, 0.25) is 5.91 Å². The molecule has 12 heteroatoms. The summed E-state index contributed by atoms with van der Waals surface area (Å²) in [6.07, 6.45) is 3.01. The summed E-state index contributed by atoms with van der Waals surface area (Å²) in [6, 6.07) is 6.97. The Balaban J connectivity index is 1.59. The van der Waals surface area contributed by atoms with E-state index in [1.165, 1.54) is 22.5 Å². The second-order valence-corrected chi connectivity index (χ2v) is 13.1. The largest absolute Gasteiger partial charge is 0.301 e. The molecule has 0 aliphatic carbocycles. The maximum absolute atomic E-state index is 13.0. The van der Waals surface area contributed by atoms with E-state index in [4.69, 9.17) is 0 Å². The SMILES string of the molecule is CS(=O)(=O)c1ccc2nc(NC(=O)C3CCCCN3S(=O)(=O)c3cccs3)sc2c1. The van der Waals surface area contributed by atoms with E-state index in [0.29, 0.717) is 28.2 Å². The van der Waals surface area contributed by atoms with Gasteiger partial charge in [0.05, 0.1) is 15.1 Å². The average molecular weight is 486 g/mol. The molecule has 4 rings (SSSR count). The van der Waals surface area contributed by atoms with Gasteiger partial charge in [-0.2, -0.15) is 4.31 Å². The predicted molar refractivity (Wildman–Crippen MR) is 117 cm³/mol. The van der Waals surface area contributed by atoms with Crippen LogP contribution in [0, 0.1) is 0 Å². The van der Waals surface area contributed by atoms with Gasteiger partial charge in [0.25, 0.3) is 10.0 Å². The number of rotatable bonds is 5. The lowest BCUT2D eigenvalue weighted by molar-refractivity contribution is -0.120. The van der Waals surface area contributed by atoms with Crippen molar-refractivity contribution in [1.29, 1.82) is 0 Å². The van der Waals surface area contributed by atoms with Crippen molar-refractivity contribution < 1.29 is 21.6 Å². The van der Waals surface area contributed by atoms with Gasteiger partial charge in [-0.25, -0.2) is 21.8 Å². The van der Waals surface area contributed by atoms with E-state index in [1.54, 1.807) is 17.5 Å². The smallest absolute Gasteiger partial charge is 0.253 e. The molecule has 3 heterocycles. The van der Waals surface area contributed by atoms with Gasteiger partial charge in [-0.05, 0) is 42.5 Å². The van der Waals surface area contributed by atoms with E-state index in [2.05, 4.69) is 10.3 Å². The lowest BCUT2D eigenvalue weighted by atomic mass is 10.0. The van der Waals surface area contributed by atoms with Crippen molar-refractivity contribution in [3.05, 3.63) is 35.7 Å². The summed E-state index contributed by atoms with van der Waals surface area (Å²) in [4.78, 5) is 17.5. The molecule has 1 aliphatic heterocycles. The highest BCUT2D eigenvalue weighted by molar-refractivity contribution is 7.91. The summed E-state index contributed by atoms with van der Waals surface area (Å²) in [5.74, 6) is -0.433. The zero-order valence-corrected chi connectivity index (χ0v) is 19.2. The molecule has 1 aliphatic rings. The van der Waals surface area contributed by atoms with E-state index in [-0.39, 0.29) is 15.6 Å². The van der Waals surface area contributed by atoms with Crippen LogP contribution in [-0.4, -0.2) is 50.9 Å². The molecule has 0 spiro atoms. The second-order valence-electron chi connectivity index (χ2n) is 6.97. The standard InChI is InChI=1S/C18H19N3O5S4/c1-29(23,24)12-7-8-13-15(11-12)28-18(19-13)20-17(22)14-5-2-3-9-21(14)30(25,26)16-6-4-10-27-16/h4,6-8,10-11,14H,2-3,5,9H2,1H3,(H,19,20,22). The van der Waals surface area contributed by atoms with Gasteiger partial charge < -0.3 is 5.32 Å². The fraction of sp³-hybridized carbons (Fsp3) is 0.333. The Hall–Kier alpha value is -1.86. The Bertz CT molecular complexity index is 1300. The molecule has 1 fully saturated rings. The van der Waals surface area contributed by atoms with Gasteiger partial charge in [0, 0.05) is 12.8 Å². The lowest BCUT2D eigenvalue weighted by Crippen LogP contribution is -2.49. The molecular weight excluding hydrogens is 466 g/mol. The van der Waals surface area contributed by atoms with E-state index < -0.39 is 31.8 Å². The third kappa shape index (κ3) is 4.14. The molecule has 1 unspecified atom stereocenters. The number of aromatic nitrogens is 1. The Kier molecular flexibility index (Phi) is 5.70. The first-order chi connectivity index (χ1) is 14.2. The molecular formula is C18H19N3O5S4. The number of amides is 1. The summed E-state index contributed by atoms with van der Waals surface area (Å²) >= 11 is 2.28. The maximum atomic E-state index is 13.0. The number of anilines is 1. The number of nitrogens with zero attached hydrogens (tertiary/aromatic N) is 2. The topological polar surface area (TPSA) is 114 Å². The van der Waals surface area contributed by atoms with Crippen molar-refractivity contribution in [1.82, 2.24) is 9.29 Å². The number of piperidine rings is 1. The van der Waals surface area contributed by atoms with Crippen molar-refractivity contribution >= 4 is 63.8 Å². The van der Waals surface area contributed by atoms with Crippen LogP contribution < -0.4 is 5.32 Å². The number of sulfonamides is 1. The van der Waals surface area contributed by atoms with Gasteiger partial charge in [0.1, 0.15) is 10.3 Å². The predicted octanol–water partition coefficient (Wildman–Crippen LogP) is 2.94. The summed E-state index contributed by atoms with van der Waals surface area (Å²) in [5.41, 5.74) is 0.564. The summed E-state index contributed by atoms with van der Waals surface area (Å²) in [6.45, 7) is 0.288. The van der Waals surface area contributed by atoms with Gasteiger partial charge in [0.15, 0.2) is 15.0 Å². The highest BCUT2D eigenvalue weighted by Crippen LogP contribution is 2.31. The molecule has 0 radical (unpaired) electrons. The van der Waals surface area contributed by atoms with E-state index in [1.807, 2.05) is 0 Å². The molecule has 30 heavy (non-hydrogen) atoms. The number of thiazole rings is 1. The van der Waals surface area contributed by atoms with Gasteiger partial charge in [-0.15, -0.1) is 11.3 Å². The van der Waals surface area contributed by atoms with Gasteiger partial charge >= 0.3 is 0 Å². The van der Waals surface area contributed by atoms with Crippen LogP contribution in [0.25, 0.3) is 10.2 Å². The van der Waals surface area contributed by atoms with Crippen LogP contribution in [0.5, 0.6) is 0 Å². The second kappa shape index (κ2) is 8.00.